The summed E-state index contributed by atoms with van der Waals surface area (Å²) >= 11 is 4.29. The fourth-order valence-electron chi connectivity index (χ4n) is 3.12. The molecule has 0 saturated carbocycles. The quantitative estimate of drug-likeness (QED) is 0.106. The molecule has 1 heterocycles. The number of allylic oxidation sites excluding steroid dienone is 1. The SMILES string of the molecule is C#Cc1ccc2cc(CC(=O)/C=C\C(=O)OC)c(=O)oc2c1.CC(S)CC(C)(C)C.CCCOCCOC. The number of hydrogen-bond acceptors (Lipinski definition) is 8. The van der Waals surface area contributed by atoms with Gasteiger partial charge in [0.05, 0.1) is 20.3 Å². The van der Waals surface area contributed by atoms with Gasteiger partial charge in [0.15, 0.2) is 5.78 Å². The van der Waals surface area contributed by atoms with E-state index in [1.807, 2.05) is 0 Å². The number of benzene rings is 1. The predicted molar refractivity (Wildman–Crippen MR) is 156 cm³/mol. The Hall–Kier alpha value is -2.86. The molecular formula is C30H42O7S. The third kappa shape index (κ3) is 16.8. The highest BCUT2D eigenvalue weighted by Gasteiger charge is 2.12. The number of methoxy groups -OCH3 is 2. The monoisotopic (exact) mass is 546 g/mol. The number of carbonyl (C=O) groups excluding carboxylic acids is 2. The number of thiol groups is 1. The first-order chi connectivity index (χ1) is 17.9. The molecule has 1 aromatic heterocycles. The predicted octanol–water partition coefficient (Wildman–Crippen LogP) is 5.42. The van der Waals surface area contributed by atoms with Crippen molar-refractivity contribution in [2.45, 2.75) is 59.1 Å². The first-order valence-corrected chi connectivity index (χ1v) is 12.9. The van der Waals surface area contributed by atoms with E-state index >= 15 is 0 Å². The maximum atomic E-state index is 11.9. The summed E-state index contributed by atoms with van der Waals surface area (Å²) in [5, 5.41) is 1.20. The Morgan fingerprint density at radius 1 is 1.13 bits per heavy atom. The summed E-state index contributed by atoms with van der Waals surface area (Å²) in [5.74, 6) is 1.41. The van der Waals surface area contributed by atoms with E-state index in [9.17, 15) is 14.4 Å². The van der Waals surface area contributed by atoms with Crippen LogP contribution in [0.1, 0.15) is 58.6 Å². The summed E-state index contributed by atoms with van der Waals surface area (Å²) in [4.78, 5) is 34.5. The lowest BCUT2D eigenvalue weighted by Gasteiger charge is -2.19. The van der Waals surface area contributed by atoms with Gasteiger partial charge in [-0.1, -0.05) is 40.5 Å². The third-order valence-corrected chi connectivity index (χ3v) is 4.82. The largest absolute Gasteiger partial charge is 0.466 e. The van der Waals surface area contributed by atoms with Gasteiger partial charge in [-0.3, -0.25) is 4.79 Å². The number of carbonyl (C=O) groups is 2. The fraction of sp³-hybridized carbons (Fsp3) is 0.500. The van der Waals surface area contributed by atoms with Gasteiger partial charge in [-0.25, -0.2) is 9.59 Å². The highest BCUT2D eigenvalue weighted by Crippen LogP contribution is 2.22. The molecule has 0 amide bonds. The molecule has 1 atom stereocenters. The molecule has 0 N–H and O–H groups in total. The van der Waals surface area contributed by atoms with Gasteiger partial charge in [-0.2, -0.15) is 12.6 Å². The van der Waals surface area contributed by atoms with Gasteiger partial charge in [0.2, 0.25) is 0 Å². The van der Waals surface area contributed by atoms with Crippen LogP contribution in [0.3, 0.4) is 0 Å². The van der Waals surface area contributed by atoms with Crippen molar-refractivity contribution in [3.05, 3.63) is 58.0 Å². The smallest absolute Gasteiger partial charge is 0.339 e. The Kier molecular flexibility index (Phi) is 17.8. The molecule has 7 nitrogen and oxygen atoms in total. The molecule has 1 aromatic carbocycles. The van der Waals surface area contributed by atoms with Crippen LogP contribution >= 0.6 is 12.6 Å². The second-order valence-corrected chi connectivity index (χ2v) is 10.6. The van der Waals surface area contributed by atoms with Crippen molar-refractivity contribution in [3.8, 4) is 12.3 Å². The molecule has 8 heteroatoms. The van der Waals surface area contributed by atoms with Crippen LogP contribution in [0.5, 0.6) is 0 Å². The first-order valence-electron chi connectivity index (χ1n) is 12.4. The summed E-state index contributed by atoms with van der Waals surface area (Å²) in [6, 6.07) is 6.58. The lowest BCUT2D eigenvalue weighted by Crippen LogP contribution is -2.12. The van der Waals surface area contributed by atoms with Crippen LogP contribution in [0.4, 0.5) is 0 Å². The molecule has 0 bridgehead atoms. The Morgan fingerprint density at radius 3 is 2.32 bits per heavy atom. The molecule has 0 fully saturated rings. The molecule has 0 aliphatic rings. The average Bonchev–Trinajstić information content (AvgIpc) is 2.84. The van der Waals surface area contributed by atoms with E-state index in [0.29, 0.717) is 33.8 Å². The van der Waals surface area contributed by atoms with Gasteiger partial charge in [-0.05, 0) is 53.8 Å². The maximum absolute atomic E-state index is 11.9. The van der Waals surface area contributed by atoms with Gasteiger partial charge in [-0.15, -0.1) is 6.42 Å². The van der Waals surface area contributed by atoms with Crippen molar-refractivity contribution in [1.29, 1.82) is 0 Å². The van der Waals surface area contributed by atoms with Crippen molar-refractivity contribution in [1.82, 2.24) is 0 Å². The maximum Gasteiger partial charge on any atom is 0.339 e. The molecule has 0 radical (unpaired) electrons. The molecule has 2 rings (SSSR count). The van der Waals surface area contributed by atoms with Crippen LogP contribution in [-0.2, 0) is 30.2 Å². The van der Waals surface area contributed by atoms with Crippen LogP contribution in [0.2, 0.25) is 0 Å². The number of ketones is 1. The van der Waals surface area contributed by atoms with E-state index in [1.54, 1.807) is 31.4 Å². The number of terminal acetylenes is 1. The van der Waals surface area contributed by atoms with Gasteiger partial charge in [0, 0.05) is 42.7 Å². The van der Waals surface area contributed by atoms with Crippen molar-refractivity contribution < 1.29 is 28.2 Å². The van der Waals surface area contributed by atoms with Gasteiger partial charge >= 0.3 is 11.6 Å². The molecule has 0 spiro atoms. The number of esters is 1. The lowest BCUT2D eigenvalue weighted by atomic mass is 9.91. The third-order valence-electron chi connectivity index (χ3n) is 4.63. The molecule has 210 valence electrons. The minimum Gasteiger partial charge on any atom is -0.466 e. The molecular weight excluding hydrogens is 504 g/mol. The van der Waals surface area contributed by atoms with Gasteiger partial charge in [0.25, 0.3) is 0 Å². The van der Waals surface area contributed by atoms with Crippen molar-refractivity contribution >= 4 is 35.4 Å². The minimum atomic E-state index is -0.638. The molecule has 38 heavy (non-hydrogen) atoms. The summed E-state index contributed by atoms with van der Waals surface area (Å²) in [6.07, 6.45) is 9.47. The van der Waals surface area contributed by atoms with Crippen molar-refractivity contribution in [2.75, 3.05) is 34.0 Å². The normalized spacial score (nSPS) is 11.6. The highest BCUT2D eigenvalue weighted by molar-refractivity contribution is 7.80. The van der Waals surface area contributed by atoms with Crippen LogP contribution < -0.4 is 5.63 Å². The van der Waals surface area contributed by atoms with Crippen LogP contribution in [-0.4, -0.2) is 51.0 Å². The molecule has 2 aromatic rings. The first kappa shape index (κ1) is 35.1. The number of hydrogen-bond donors (Lipinski definition) is 1. The molecule has 0 saturated heterocycles. The zero-order valence-electron chi connectivity index (χ0n) is 23.7. The lowest BCUT2D eigenvalue weighted by molar-refractivity contribution is -0.135. The summed E-state index contributed by atoms with van der Waals surface area (Å²) in [5.41, 5.74) is 1.01. The standard InChI is InChI=1S/C17H12O5.C7H16S.C6H14O2/c1-3-11-4-5-12-9-13(17(20)22-15(12)8-11)10-14(18)6-7-16(19)21-2;1-6(8)5-7(2,3)4;1-3-4-8-6-5-7-2/h1,4-9H,10H2,2H3;6,8H,5H2,1-4H3;3-6H2,1-2H3/b7-6-;;. The Labute approximate surface area is 232 Å². The van der Waals surface area contributed by atoms with E-state index in [4.69, 9.17) is 20.3 Å². The average molecular weight is 547 g/mol. The minimum absolute atomic E-state index is 0.164. The van der Waals surface area contributed by atoms with E-state index in [-0.39, 0.29) is 12.0 Å². The zero-order valence-corrected chi connectivity index (χ0v) is 24.6. The summed E-state index contributed by atoms with van der Waals surface area (Å²) in [7, 11) is 2.88. The van der Waals surface area contributed by atoms with Crippen molar-refractivity contribution in [2.24, 2.45) is 5.41 Å². The fourth-order valence-corrected chi connectivity index (χ4v) is 3.67. The van der Waals surface area contributed by atoms with E-state index in [1.165, 1.54) is 13.5 Å². The van der Waals surface area contributed by atoms with Crippen LogP contribution in [0, 0.1) is 17.8 Å². The van der Waals surface area contributed by atoms with E-state index in [2.05, 4.69) is 57.9 Å². The molecule has 1 unspecified atom stereocenters. The highest BCUT2D eigenvalue weighted by atomic mass is 32.1. The van der Waals surface area contributed by atoms with Crippen LogP contribution in [0.25, 0.3) is 11.0 Å². The van der Waals surface area contributed by atoms with Gasteiger partial charge < -0.3 is 18.6 Å². The van der Waals surface area contributed by atoms with Crippen LogP contribution in [0.15, 0.2) is 45.6 Å². The summed E-state index contributed by atoms with van der Waals surface area (Å²) < 4.78 is 19.4. The molecule has 0 aliphatic carbocycles. The van der Waals surface area contributed by atoms with Crippen molar-refractivity contribution in [3.63, 3.8) is 0 Å². The molecule has 0 aliphatic heterocycles. The topological polar surface area (TPSA) is 92.0 Å². The number of ether oxygens (including phenoxy) is 3. The Morgan fingerprint density at radius 2 is 1.82 bits per heavy atom. The Balaban J connectivity index is 0.000000705. The summed E-state index contributed by atoms with van der Waals surface area (Å²) in [6.45, 7) is 13.2. The second-order valence-electron chi connectivity index (χ2n) is 9.67. The van der Waals surface area contributed by atoms with E-state index in [0.717, 1.165) is 31.8 Å². The second kappa shape index (κ2) is 19.2. The zero-order chi connectivity index (χ0) is 29.1. The number of fused-ring (bicyclic) bond motifs is 1. The Bertz CT molecular complexity index is 1110. The number of rotatable bonds is 10. The van der Waals surface area contributed by atoms with Gasteiger partial charge in [0.1, 0.15) is 5.58 Å². The van der Waals surface area contributed by atoms with E-state index < -0.39 is 17.4 Å².